The summed E-state index contributed by atoms with van der Waals surface area (Å²) in [6.45, 7) is 4.21. The second kappa shape index (κ2) is 8.89. The summed E-state index contributed by atoms with van der Waals surface area (Å²) in [6.07, 6.45) is -1.00. The Morgan fingerprint density at radius 1 is 1.29 bits per heavy atom. The largest absolute Gasteiger partial charge is 0.477 e. The molecule has 0 saturated heterocycles. The molecule has 1 amide bonds. The van der Waals surface area contributed by atoms with Crippen LogP contribution in [0.5, 0.6) is 5.88 Å². The smallest absolute Gasteiger partial charge is 0.269 e. The van der Waals surface area contributed by atoms with Crippen molar-refractivity contribution < 1.29 is 19.7 Å². The molecule has 8 nitrogen and oxygen atoms in total. The number of ether oxygens (including phenoxy) is 1. The van der Waals surface area contributed by atoms with Crippen LogP contribution in [0, 0.1) is 19.3 Å². The number of aliphatic hydroxyl groups is 2. The number of aliphatic hydroxyl groups excluding tert-OH is 2. The molecule has 1 unspecified atom stereocenters. The first-order valence-electron chi connectivity index (χ1n) is 8.99. The van der Waals surface area contributed by atoms with Gasteiger partial charge in [-0.1, -0.05) is 6.07 Å². The van der Waals surface area contributed by atoms with Crippen molar-refractivity contribution in [2.75, 3.05) is 13.2 Å². The SMILES string of the molecule is Cc1cccc(OCC2(CNC(=O)c3cc(C)nn3C)C[C@@H](O)[C@@H](O)C2)n1.Cl. The number of amides is 1. The van der Waals surface area contributed by atoms with Crippen molar-refractivity contribution in [1.29, 1.82) is 0 Å². The van der Waals surface area contributed by atoms with Gasteiger partial charge in [0.25, 0.3) is 5.91 Å². The number of halogens is 1. The zero-order valence-electron chi connectivity index (χ0n) is 16.3. The highest BCUT2D eigenvalue weighted by Gasteiger charge is 2.45. The number of carbonyl (C=O) groups is 1. The lowest BCUT2D eigenvalue weighted by molar-refractivity contribution is 0.0438. The van der Waals surface area contributed by atoms with Gasteiger partial charge in [-0.05, 0) is 38.8 Å². The van der Waals surface area contributed by atoms with Gasteiger partial charge in [0.15, 0.2) is 0 Å². The van der Waals surface area contributed by atoms with Gasteiger partial charge in [0.05, 0.1) is 24.5 Å². The topological polar surface area (TPSA) is 110 Å². The van der Waals surface area contributed by atoms with Gasteiger partial charge in [0.1, 0.15) is 5.69 Å². The number of hydrogen-bond donors (Lipinski definition) is 3. The van der Waals surface area contributed by atoms with E-state index in [1.54, 1.807) is 19.2 Å². The molecule has 1 aliphatic carbocycles. The number of rotatable bonds is 6. The molecule has 0 aliphatic heterocycles. The first-order chi connectivity index (χ1) is 12.8. The van der Waals surface area contributed by atoms with E-state index in [-0.39, 0.29) is 31.5 Å². The van der Waals surface area contributed by atoms with Gasteiger partial charge in [-0.3, -0.25) is 9.48 Å². The molecule has 3 rings (SSSR count). The molecule has 2 aromatic rings. The Balaban J connectivity index is 0.00000280. The fraction of sp³-hybridized carbons (Fsp3) is 0.526. The predicted molar refractivity (Wildman–Crippen MR) is 106 cm³/mol. The van der Waals surface area contributed by atoms with Crippen molar-refractivity contribution in [2.24, 2.45) is 12.5 Å². The van der Waals surface area contributed by atoms with Crippen LogP contribution in [-0.4, -0.2) is 56.2 Å². The van der Waals surface area contributed by atoms with Crippen molar-refractivity contribution >= 4 is 18.3 Å². The Kier molecular flexibility index (Phi) is 7.03. The van der Waals surface area contributed by atoms with Gasteiger partial charge in [-0.2, -0.15) is 5.10 Å². The third-order valence-corrected chi connectivity index (χ3v) is 4.98. The Morgan fingerprint density at radius 2 is 1.96 bits per heavy atom. The van der Waals surface area contributed by atoms with E-state index >= 15 is 0 Å². The van der Waals surface area contributed by atoms with Gasteiger partial charge in [-0.15, -0.1) is 12.4 Å². The molecule has 28 heavy (non-hydrogen) atoms. The average molecular weight is 411 g/mol. The zero-order chi connectivity index (χ0) is 19.6. The molecule has 2 heterocycles. The van der Waals surface area contributed by atoms with E-state index in [4.69, 9.17) is 4.74 Å². The van der Waals surface area contributed by atoms with E-state index in [0.29, 0.717) is 24.4 Å². The Morgan fingerprint density at radius 3 is 2.54 bits per heavy atom. The summed E-state index contributed by atoms with van der Waals surface area (Å²) in [7, 11) is 1.72. The molecule has 154 valence electrons. The van der Waals surface area contributed by atoms with Crippen LogP contribution in [0.2, 0.25) is 0 Å². The molecule has 0 radical (unpaired) electrons. The fourth-order valence-electron chi connectivity index (χ4n) is 3.56. The normalized spacial score (nSPS) is 23.9. The van der Waals surface area contributed by atoms with Crippen LogP contribution in [0.25, 0.3) is 0 Å². The zero-order valence-corrected chi connectivity index (χ0v) is 17.1. The summed E-state index contributed by atoms with van der Waals surface area (Å²) in [5, 5.41) is 27.2. The van der Waals surface area contributed by atoms with Gasteiger partial charge >= 0.3 is 0 Å². The van der Waals surface area contributed by atoms with E-state index in [0.717, 1.165) is 11.4 Å². The summed E-state index contributed by atoms with van der Waals surface area (Å²) >= 11 is 0. The fourth-order valence-corrected chi connectivity index (χ4v) is 3.56. The van der Waals surface area contributed by atoms with Crippen LogP contribution in [0.4, 0.5) is 0 Å². The van der Waals surface area contributed by atoms with Crippen molar-refractivity contribution in [3.8, 4) is 5.88 Å². The average Bonchev–Trinajstić information content (AvgIpc) is 3.10. The van der Waals surface area contributed by atoms with Crippen molar-refractivity contribution in [1.82, 2.24) is 20.1 Å². The number of nitrogens with one attached hydrogen (secondary N) is 1. The molecule has 3 N–H and O–H groups in total. The molecule has 0 spiro atoms. The number of aryl methyl sites for hydroxylation is 3. The second-order valence-corrected chi connectivity index (χ2v) is 7.43. The summed E-state index contributed by atoms with van der Waals surface area (Å²) in [5.41, 5.74) is 1.49. The molecule has 9 heteroatoms. The summed E-state index contributed by atoms with van der Waals surface area (Å²) < 4.78 is 7.37. The molecule has 0 aromatic carbocycles. The maximum Gasteiger partial charge on any atom is 0.269 e. The maximum atomic E-state index is 12.5. The van der Waals surface area contributed by atoms with E-state index in [9.17, 15) is 15.0 Å². The van der Waals surface area contributed by atoms with Crippen molar-refractivity contribution in [3.63, 3.8) is 0 Å². The van der Waals surface area contributed by atoms with Crippen LogP contribution in [0.3, 0.4) is 0 Å². The Hall–Kier alpha value is -2.16. The van der Waals surface area contributed by atoms with E-state index < -0.39 is 17.6 Å². The third-order valence-electron chi connectivity index (χ3n) is 4.98. The highest BCUT2D eigenvalue weighted by atomic mass is 35.5. The lowest BCUT2D eigenvalue weighted by Crippen LogP contribution is -2.41. The minimum absolute atomic E-state index is 0. The first-order valence-corrected chi connectivity index (χ1v) is 8.99. The molecule has 1 aliphatic rings. The van der Waals surface area contributed by atoms with Crippen molar-refractivity contribution in [2.45, 2.75) is 38.9 Å². The monoisotopic (exact) mass is 410 g/mol. The first kappa shape index (κ1) is 22.1. The third kappa shape index (κ3) is 5.01. The van der Waals surface area contributed by atoms with Crippen LogP contribution in [-0.2, 0) is 7.05 Å². The van der Waals surface area contributed by atoms with Gasteiger partial charge in [-0.25, -0.2) is 4.98 Å². The molecule has 1 saturated carbocycles. The van der Waals surface area contributed by atoms with Crippen molar-refractivity contribution in [3.05, 3.63) is 41.3 Å². The maximum absolute atomic E-state index is 12.5. The number of hydrogen-bond acceptors (Lipinski definition) is 6. The van der Waals surface area contributed by atoms with Crippen LogP contribution < -0.4 is 10.1 Å². The molecule has 3 atom stereocenters. The number of carbonyl (C=O) groups excluding carboxylic acids is 1. The van der Waals surface area contributed by atoms with Gasteiger partial charge < -0.3 is 20.3 Å². The lowest BCUT2D eigenvalue weighted by Gasteiger charge is -2.29. The Labute approximate surface area is 170 Å². The predicted octanol–water partition coefficient (Wildman–Crippen LogP) is 1.16. The minimum Gasteiger partial charge on any atom is -0.477 e. The summed E-state index contributed by atoms with van der Waals surface area (Å²) in [4.78, 5) is 16.8. The second-order valence-electron chi connectivity index (χ2n) is 7.43. The van der Waals surface area contributed by atoms with E-state index in [1.807, 2.05) is 26.0 Å². The molecular weight excluding hydrogens is 384 g/mol. The van der Waals surface area contributed by atoms with Crippen LogP contribution in [0.15, 0.2) is 24.3 Å². The molecular formula is C19H27ClN4O4. The van der Waals surface area contributed by atoms with Gasteiger partial charge in [0.2, 0.25) is 5.88 Å². The number of aromatic nitrogens is 3. The Bertz CT molecular complexity index is 816. The summed E-state index contributed by atoms with van der Waals surface area (Å²) in [5.74, 6) is 0.237. The van der Waals surface area contributed by atoms with Crippen LogP contribution >= 0.6 is 12.4 Å². The van der Waals surface area contributed by atoms with E-state index in [2.05, 4.69) is 15.4 Å². The van der Waals surface area contributed by atoms with Crippen LogP contribution in [0.1, 0.15) is 34.7 Å². The number of pyridine rings is 1. The molecule has 0 bridgehead atoms. The molecule has 2 aromatic heterocycles. The lowest BCUT2D eigenvalue weighted by atomic mass is 9.86. The van der Waals surface area contributed by atoms with Gasteiger partial charge in [0, 0.05) is 30.8 Å². The standard InChI is InChI=1S/C19H26N4O4.ClH/c1-12-5-4-6-17(21-12)27-11-19(8-15(24)16(25)9-19)10-20-18(26)14-7-13(2)22-23(14)3;/h4-7,15-16,24-25H,8-11H2,1-3H3,(H,20,26);1H/t15-,16+,19?;. The molecule has 1 fully saturated rings. The summed E-state index contributed by atoms with van der Waals surface area (Å²) in [6, 6.07) is 7.21. The highest BCUT2D eigenvalue weighted by Crippen LogP contribution is 2.38. The quantitative estimate of drug-likeness (QED) is 0.659. The minimum atomic E-state index is -0.838. The van der Waals surface area contributed by atoms with E-state index in [1.165, 1.54) is 4.68 Å². The number of nitrogens with zero attached hydrogens (tertiary/aromatic N) is 3. The highest BCUT2D eigenvalue weighted by molar-refractivity contribution is 5.92.